The molecule has 108 valence electrons. The van der Waals surface area contributed by atoms with E-state index in [1.54, 1.807) is 24.5 Å². The zero-order chi connectivity index (χ0) is 15.2. The second-order valence-corrected chi connectivity index (χ2v) is 4.66. The molecular formula is C15H16N4O2. The molecule has 0 radical (unpaired) electrons. The van der Waals surface area contributed by atoms with Gasteiger partial charge in [0.1, 0.15) is 18.1 Å². The number of aromatic nitrogens is 2. The molecule has 2 aromatic heterocycles. The van der Waals surface area contributed by atoms with Crippen LogP contribution in [0.1, 0.15) is 17.5 Å². The van der Waals surface area contributed by atoms with E-state index in [4.69, 9.17) is 0 Å². The minimum atomic E-state index is -0.417. The van der Waals surface area contributed by atoms with Gasteiger partial charge in [0.05, 0.1) is 0 Å². The molecule has 6 heteroatoms. The molecule has 2 heterocycles. The Kier molecular flexibility index (Phi) is 4.61. The second-order valence-electron chi connectivity index (χ2n) is 4.66. The summed E-state index contributed by atoms with van der Waals surface area (Å²) in [7, 11) is 0. The molecule has 2 amide bonds. The van der Waals surface area contributed by atoms with Crippen molar-refractivity contribution in [3.8, 4) is 0 Å². The molecule has 6 nitrogen and oxygen atoms in total. The van der Waals surface area contributed by atoms with E-state index >= 15 is 0 Å². The maximum Gasteiger partial charge on any atom is 0.234 e. The normalized spacial score (nSPS) is 10.0. The first kappa shape index (κ1) is 14.6. The van der Waals surface area contributed by atoms with Crippen molar-refractivity contribution >= 4 is 23.5 Å². The lowest BCUT2D eigenvalue weighted by Crippen LogP contribution is -2.22. The van der Waals surface area contributed by atoms with Crippen LogP contribution in [0.2, 0.25) is 0 Å². The number of rotatable bonds is 4. The molecule has 0 aliphatic carbocycles. The SMILES string of the molecule is Cc1ccnc(NC(=O)CC(=O)Nc2ncccc2C)c1. The number of carbonyl (C=O) groups excluding carboxylic acids is 2. The van der Waals surface area contributed by atoms with Crippen LogP contribution in [0.4, 0.5) is 11.6 Å². The summed E-state index contributed by atoms with van der Waals surface area (Å²) in [6, 6.07) is 7.17. The maximum atomic E-state index is 11.8. The molecule has 0 aromatic carbocycles. The Morgan fingerprint density at radius 2 is 1.81 bits per heavy atom. The van der Waals surface area contributed by atoms with Gasteiger partial charge in [0.25, 0.3) is 0 Å². The molecule has 0 fully saturated rings. The van der Waals surface area contributed by atoms with Gasteiger partial charge in [-0.3, -0.25) is 9.59 Å². The molecule has 0 atom stereocenters. The van der Waals surface area contributed by atoms with E-state index in [0.717, 1.165) is 11.1 Å². The fourth-order valence-corrected chi connectivity index (χ4v) is 1.73. The first-order chi connectivity index (χ1) is 10.0. The minimum Gasteiger partial charge on any atom is -0.310 e. The molecule has 0 spiro atoms. The van der Waals surface area contributed by atoms with E-state index in [0.29, 0.717) is 11.6 Å². The average Bonchev–Trinajstić information content (AvgIpc) is 2.41. The van der Waals surface area contributed by atoms with E-state index in [2.05, 4.69) is 20.6 Å². The van der Waals surface area contributed by atoms with E-state index in [-0.39, 0.29) is 6.42 Å². The number of anilines is 2. The van der Waals surface area contributed by atoms with Gasteiger partial charge in [-0.05, 0) is 43.2 Å². The molecule has 0 saturated heterocycles. The predicted molar refractivity (Wildman–Crippen MR) is 79.8 cm³/mol. The number of carbonyl (C=O) groups is 2. The quantitative estimate of drug-likeness (QED) is 0.842. The molecular weight excluding hydrogens is 268 g/mol. The van der Waals surface area contributed by atoms with E-state index in [1.165, 1.54) is 0 Å². The number of aryl methyl sites for hydroxylation is 2. The van der Waals surface area contributed by atoms with Gasteiger partial charge >= 0.3 is 0 Å². The van der Waals surface area contributed by atoms with Crippen molar-refractivity contribution in [3.63, 3.8) is 0 Å². The second kappa shape index (κ2) is 6.60. The van der Waals surface area contributed by atoms with Gasteiger partial charge in [-0.1, -0.05) is 6.07 Å². The van der Waals surface area contributed by atoms with Crippen LogP contribution in [-0.4, -0.2) is 21.8 Å². The highest BCUT2D eigenvalue weighted by Gasteiger charge is 2.11. The molecule has 2 aromatic rings. The summed E-state index contributed by atoms with van der Waals surface area (Å²) in [4.78, 5) is 31.6. The zero-order valence-electron chi connectivity index (χ0n) is 11.9. The molecule has 2 rings (SSSR count). The van der Waals surface area contributed by atoms with Gasteiger partial charge in [0.2, 0.25) is 11.8 Å². The van der Waals surface area contributed by atoms with Crippen molar-refractivity contribution in [3.05, 3.63) is 47.8 Å². The Bertz CT molecular complexity index is 670. The number of nitrogens with zero attached hydrogens (tertiary/aromatic N) is 2. The van der Waals surface area contributed by atoms with Gasteiger partial charge in [0, 0.05) is 12.4 Å². The number of amides is 2. The summed E-state index contributed by atoms with van der Waals surface area (Å²) in [6.07, 6.45) is 2.90. The van der Waals surface area contributed by atoms with Crippen LogP contribution < -0.4 is 10.6 Å². The van der Waals surface area contributed by atoms with Crippen LogP contribution in [0.15, 0.2) is 36.7 Å². The van der Waals surface area contributed by atoms with Gasteiger partial charge in [0.15, 0.2) is 0 Å². The van der Waals surface area contributed by atoms with Crippen LogP contribution in [0.25, 0.3) is 0 Å². The van der Waals surface area contributed by atoms with Crippen LogP contribution >= 0.6 is 0 Å². The smallest absolute Gasteiger partial charge is 0.234 e. The predicted octanol–water partition coefficient (Wildman–Crippen LogP) is 2.06. The van der Waals surface area contributed by atoms with Crippen molar-refractivity contribution in [2.75, 3.05) is 10.6 Å². The van der Waals surface area contributed by atoms with Crippen LogP contribution in [0.3, 0.4) is 0 Å². The Labute approximate surface area is 122 Å². The number of pyridine rings is 2. The van der Waals surface area contributed by atoms with E-state index in [1.807, 2.05) is 26.0 Å². The summed E-state index contributed by atoms with van der Waals surface area (Å²) in [5.41, 5.74) is 1.82. The van der Waals surface area contributed by atoms with Crippen molar-refractivity contribution in [2.24, 2.45) is 0 Å². The van der Waals surface area contributed by atoms with Gasteiger partial charge in [-0.2, -0.15) is 0 Å². The Morgan fingerprint density at radius 3 is 2.52 bits per heavy atom. The lowest BCUT2D eigenvalue weighted by Gasteiger charge is -2.07. The number of hydrogen-bond acceptors (Lipinski definition) is 4. The van der Waals surface area contributed by atoms with Gasteiger partial charge in [-0.15, -0.1) is 0 Å². The standard InChI is InChI=1S/C15H16N4O2/c1-10-5-7-16-12(8-10)18-13(20)9-14(21)19-15-11(2)4-3-6-17-15/h3-8H,9H2,1-2H3,(H,16,18,20)(H,17,19,21). The summed E-state index contributed by atoms with van der Waals surface area (Å²) < 4.78 is 0. The fourth-order valence-electron chi connectivity index (χ4n) is 1.73. The fraction of sp³-hybridized carbons (Fsp3) is 0.200. The summed E-state index contributed by atoms with van der Waals surface area (Å²) in [5, 5.41) is 5.19. The largest absolute Gasteiger partial charge is 0.310 e. The molecule has 0 aliphatic heterocycles. The Morgan fingerprint density at radius 1 is 1.05 bits per heavy atom. The summed E-state index contributed by atoms with van der Waals surface area (Å²) in [5.74, 6) is 0.0620. The maximum absolute atomic E-state index is 11.8. The first-order valence-electron chi connectivity index (χ1n) is 6.48. The molecule has 0 aliphatic rings. The first-order valence-corrected chi connectivity index (χ1v) is 6.48. The topological polar surface area (TPSA) is 84.0 Å². The molecule has 2 N–H and O–H groups in total. The molecule has 0 unspecified atom stereocenters. The van der Waals surface area contributed by atoms with Gasteiger partial charge in [-0.25, -0.2) is 9.97 Å². The third-order valence-corrected chi connectivity index (χ3v) is 2.77. The Balaban J connectivity index is 1.91. The summed E-state index contributed by atoms with van der Waals surface area (Å²) >= 11 is 0. The lowest BCUT2D eigenvalue weighted by molar-refractivity contribution is -0.123. The highest BCUT2D eigenvalue weighted by molar-refractivity contribution is 6.07. The Hall–Kier alpha value is -2.76. The van der Waals surface area contributed by atoms with Crippen molar-refractivity contribution in [2.45, 2.75) is 20.3 Å². The molecule has 21 heavy (non-hydrogen) atoms. The number of nitrogens with one attached hydrogen (secondary N) is 2. The number of hydrogen-bond donors (Lipinski definition) is 2. The molecule has 0 saturated carbocycles. The average molecular weight is 284 g/mol. The van der Waals surface area contributed by atoms with Crippen molar-refractivity contribution in [1.29, 1.82) is 0 Å². The third kappa shape index (κ3) is 4.38. The highest BCUT2D eigenvalue weighted by Crippen LogP contribution is 2.10. The van der Waals surface area contributed by atoms with E-state index in [9.17, 15) is 9.59 Å². The monoisotopic (exact) mass is 284 g/mol. The molecule has 0 bridgehead atoms. The van der Waals surface area contributed by atoms with Crippen LogP contribution in [-0.2, 0) is 9.59 Å². The zero-order valence-corrected chi connectivity index (χ0v) is 11.9. The third-order valence-electron chi connectivity index (χ3n) is 2.77. The van der Waals surface area contributed by atoms with Crippen molar-refractivity contribution < 1.29 is 9.59 Å². The van der Waals surface area contributed by atoms with Crippen LogP contribution in [0.5, 0.6) is 0 Å². The highest BCUT2D eigenvalue weighted by atomic mass is 16.2. The van der Waals surface area contributed by atoms with Crippen molar-refractivity contribution in [1.82, 2.24) is 9.97 Å². The minimum absolute atomic E-state index is 0.286. The summed E-state index contributed by atoms with van der Waals surface area (Å²) in [6.45, 7) is 3.73. The van der Waals surface area contributed by atoms with E-state index < -0.39 is 11.8 Å². The lowest BCUT2D eigenvalue weighted by atomic mass is 10.2. The van der Waals surface area contributed by atoms with Gasteiger partial charge < -0.3 is 10.6 Å². The van der Waals surface area contributed by atoms with Crippen LogP contribution in [0, 0.1) is 13.8 Å².